The fourth-order valence-corrected chi connectivity index (χ4v) is 4.74. The monoisotopic (exact) mass is 479 g/mol. The maximum absolute atomic E-state index is 6.05. The molecule has 36 heavy (non-hydrogen) atoms. The molecular formula is C29H29N5O2. The Kier molecular flexibility index (Phi) is 5.87. The summed E-state index contributed by atoms with van der Waals surface area (Å²) in [5.74, 6) is 1.22. The predicted molar refractivity (Wildman–Crippen MR) is 140 cm³/mol. The molecule has 1 saturated heterocycles. The number of nitrogens with zero attached hydrogens (tertiary/aromatic N) is 4. The summed E-state index contributed by atoms with van der Waals surface area (Å²) in [5.41, 5.74) is 4.96. The van der Waals surface area contributed by atoms with Crippen LogP contribution in [0.5, 0.6) is 0 Å². The van der Waals surface area contributed by atoms with E-state index in [1.807, 2.05) is 55.0 Å². The Morgan fingerprint density at radius 2 is 1.97 bits per heavy atom. The summed E-state index contributed by atoms with van der Waals surface area (Å²) in [4.78, 5) is 9.49. The van der Waals surface area contributed by atoms with E-state index in [4.69, 9.17) is 19.6 Å². The fraction of sp³-hybridized carbons (Fsp3) is 0.276. The summed E-state index contributed by atoms with van der Waals surface area (Å²) < 4.78 is 13.7. The molecule has 0 radical (unpaired) electrons. The van der Waals surface area contributed by atoms with Gasteiger partial charge in [-0.2, -0.15) is 0 Å². The van der Waals surface area contributed by atoms with E-state index >= 15 is 0 Å². The van der Waals surface area contributed by atoms with Crippen LogP contribution in [0.4, 0.5) is 5.82 Å². The number of anilines is 1. The van der Waals surface area contributed by atoms with Gasteiger partial charge in [0, 0.05) is 41.8 Å². The van der Waals surface area contributed by atoms with Crippen molar-refractivity contribution in [2.75, 3.05) is 18.5 Å². The molecule has 0 bridgehead atoms. The van der Waals surface area contributed by atoms with Crippen LogP contribution in [0, 0.1) is 5.92 Å². The van der Waals surface area contributed by atoms with Gasteiger partial charge in [-0.05, 0) is 43.9 Å². The van der Waals surface area contributed by atoms with E-state index in [1.165, 1.54) is 0 Å². The van der Waals surface area contributed by atoms with Crippen molar-refractivity contribution in [2.45, 2.75) is 32.2 Å². The first-order valence-corrected chi connectivity index (χ1v) is 12.3. The Labute approximate surface area is 210 Å². The molecule has 4 heterocycles. The molecule has 0 amide bonds. The van der Waals surface area contributed by atoms with Gasteiger partial charge in [0.1, 0.15) is 11.6 Å². The van der Waals surface area contributed by atoms with Gasteiger partial charge in [0.25, 0.3) is 0 Å². The Hall–Kier alpha value is -3.81. The van der Waals surface area contributed by atoms with Crippen LogP contribution < -0.4 is 5.32 Å². The molecule has 1 aliphatic carbocycles. The zero-order valence-electron chi connectivity index (χ0n) is 20.5. The normalized spacial score (nSPS) is 20.7. The zero-order valence-corrected chi connectivity index (χ0v) is 20.5. The number of pyridine rings is 1. The summed E-state index contributed by atoms with van der Waals surface area (Å²) in [6.07, 6.45) is 15.1. The van der Waals surface area contributed by atoms with Gasteiger partial charge in [-0.3, -0.25) is 4.98 Å². The van der Waals surface area contributed by atoms with Crippen LogP contribution in [0.3, 0.4) is 0 Å². The molecule has 1 aliphatic heterocycles. The van der Waals surface area contributed by atoms with E-state index in [1.54, 1.807) is 6.20 Å². The van der Waals surface area contributed by atoms with E-state index in [0.717, 1.165) is 46.6 Å². The average molecular weight is 480 g/mol. The Bertz CT molecular complexity index is 1440. The first-order valence-electron chi connectivity index (χ1n) is 12.3. The molecule has 1 fully saturated rings. The molecule has 2 unspecified atom stereocenters. The van der Waals surface area contributed by atoms with Crippen molar-refractivity contribution in [3.05, 3.63) is 90.9 Å². The van der Waals surface area contributed by atoms with Crippen LogP contribution in [-0.2, 0) is 9.47 Å². The molecule has 1 aromatic carbocycles. The van der Waals surface area contributed by atoms with Crippen LogP contribution in [0.1, 0.15) is 31.9 Å². The van der Waals surface area contributed by atoms with Crippen molar-refractivity contribution in [3.63, 3.8) is 0 Å². The number of ether oxygens (including phenoxy) is 2. The van der Waals surface area contributed by atoms with Crippen molar-refractivity contribution in [2.24, 2.45) is 5.92 Å². The number of benzene rings is 1. The Morgan fingerprint density at radius 3 is 2.75 bits per heavy atom. The summed E-state index contributed by atoms with van der Waals surface area (Å²) in [7, 11) is 0. The second-order valence-electron chi connectivity index (χ2n) is 9.69. The Morgan fingerprint density at radius 1 is 1.08 bits per heavy atom. The molecule has 7 heteroatoms. The number of rotatable bonds is 6. The zero-order chi connectivity index (χ0) is 24.5. The molecule has 7 nitrogen and oxygen atoms in total. The first-order chi connectivity index (χ1) is 17.6. The minimum atomic E-state index is -0.602. The molecular weight excluding hydrogens is 450 g/mol. The fourth-order valence-electron chi connectivity index (χ4n) is 4.74. The smallest absolute Gasteiger partial charge is 0.183 e. The van der Waals surface area contributed by atoms with Crippen molar-refractivity contribution >= 4 is 11.3 Å². The standard InChI is InChI=1S/C29H29N5O2/c1-29(2)35-19-25(36-29)22-15-23(18-30-17-22)27-32-28(31-16-20-9-5-3-6-10-20)26-24(13-14-34(26)33-27)21-11-7-4-8-12-21/h3-9,11-15,17-18,20,25H,10,16,19H2,1-2H3,(H,31,32,33). The quantitative estimate of drug-likeness (QED) is 0.375. The van der Waals surface area contributed by atoms with Crippen LogP contribution in [-0.4, -0.2) is 38.5 Å². The number of hydrogen-bond donors (Lipinski definition) is 1. The molecule has 4 aromatic rings. The van der Waals surface area contributed by atoms with Crippen LogP contribution >= 0.6 is 0 Å². The number of fused-ring (bicyclic) bond motifs is 1. The van der Waals surface area contributed by atoms with Gasteiger partial charge in [0.15, 0.2) is 17.4 Å². The van der Waals surface area contributed by atoms with Gasteiger partial charge < -0.3 is 14.8 Å². The molecule has 0 saturated carbocycles. The molecule has 6 rings (SSSR count). The lowest BCUT2D eigenvalue weighted by Gasteiger charge is -2.17. The van der Waals surface area contributed by atoms with Gasteiger partial charge >= 0.3 is 0 Å². The van der Waals surface area contributed by atoms with E-state index in [-0.39, 0.29) is 6.10 Å². The second-order valence-corrected chi connectivity index (χ2v) is 9.69. The lowest BCUT2D eigenvalue weighted by atomic mass is 10.0. The minimum Gasteiger partial charge on any atom is -0.368 e. The number of hydrogen-bond acceptors (Lipinski definition) is 6. The highest BCUT2D eigenvalue weighted by Gasteiger charge is 2.34. The molecule has 0 spiro atoms. The molecule has 2 aliphatic rings. The number of allylic oxidation sites excluding steroid dienone is 3. The maximum atomic E-state index is 6.05. The first kappa shape index (κ1) is 22.6. The molecule has 3 aromatic heterocycles. The largest absolute Gasteiger partial charge is 0.368 e. The van der Waals surface area contributed by atoms with Crippen molar-refractivity contribution in [1.82, 2.24) is 19.6 Å². The third-order valence-electron chi connectivity index (χ3n) is 6.59. The van der Waals surface area contributed by atoms with E-state index in [2.05, 4.69) is 52.8 Å². The maximum Gasteiger partial charge on any atom is 0.183 e. The summed E-state index contributed by atoms with van der Waals surface area (Å²) >= 11 is 0. The van der Waals surface area contributed by atoms with Gasteiger partial charge in [-0.25, -0.2) is 9.50 Å². The predicted octanol–water partition coefficient (Wildman–Crippen LogP) is 5.83. The average Bonchev–Trinajstić information content (AvgIpc) is 3.51. The summed E-state index contributed by atoms with van der Waals surface area (Å²) in [5, 5.41) is 8.49. The minimum absolute atomic E-state index is 0.170. The third-order valence-corrected chi connectivity index (χ3v) is 6.59. The highest BCUT2D eigenvalue weighted by molar-refractivity contribution is 5.89. The second kappa shape index (κ2) is 9.33. The van der Waals surface area contributed by atoms with Gasteiger partial charge in [0.05, 0.1) is 6.61 Å². The highest BCUT2D eigenvalue weighted by Crippen LogP contribution is 2.35. The molecule has 1 N–H and O–H groups in total. The van der Waals surface area contributed by atoms with Crippen LogP contribution in [0.25, 0.3) is 28.0 Å². The van der Waals surface area contributed by atoms with Crippen molar-refractivity contribution in [1.29, 1.82) is 0 Å². The Balaban J connectivity index is 1.40. The van der Waals surface area contributed by atoms with Crippen LogP contribution in [0.2, 0.25) is 0 Å². The summed E-state index contributed by atoms with van der Waals surface area (Å²) in [6.45, 7) is 5.12. The van der Waals surface area contributed by atoms with E-state index in [9.17, 15) is 0 Å². The molecule has 2 atom stereocenters. The van der Waals surface area contributed by atoms with Crippen molar-refractivity contribution in [3.8, 4) is 22.5 Å². The lowest BCUT2D eigenvalue weighted by Crippen LogP contribution is -2.19. The van der Waals surface area contributed by atoms with Crippen molar-refractivity contribution < 1.29 is 9.47 Å². The van der Waals surface area contributed by atoms with Gasteiger partial charge in [-0.15, -0.1) is 5.10 Å². The number of aromatic nitrogens is 4. The highest BCUT2D eigenvalue weighted by atomic mass is 16.7. The lowest BCUT2D eigenvalue weighted by molar-refractivity contribution is -0.139. The summed E-state index contributed by atoms with van der Waals surface area (Å²) in [6, 6.07) is 14.5. The van der Waals surface area contributed by atoms with Gasteiger partial charge in [0.2, 0.25) is 0 Å². The number of nitrogens with one attached hydrogen (secondary N) is 1. The third kappa shape index (κ3) is 4.55. The van der Waals surface area contributed by atoms with E-state index in [0.29, 0.717) is 18.3 Å². The topological polar surface area (TPSA) is 73.6 Å². The van der Waals surface area contributed by atoms with Gasteiger partial charge in [-0.1, -0.05) is 54.6 Å². The molecule has 182 valence electrons. The van der Waals surface area contributed by atoms with Crippen LogP contribution in [0.15, 0.2) is 85.4 Å². The SMILES string of the molecule is CC1(C)OCC(c2cncc(-c3nc(NCC4C=CC=CC4)c4c(-c5ccccc5)ccn4n3)c2)O1. The van der Waals surface area contributed by atoms with E-state index < -0.39 is 5.79 Å².